The van der Waals surface area contributed by atoms with E-state index in [9.17, 15) is 9.59 Å². The number of hydrogen-bond acceptors (Lipinski definition) is 5. The molecule has 2 fully saturated rings. The molecule has 0 radical (unpaired) electrons. The zero-order valence-corrected chi connectivity index (χ0v) is 13.8. The van der Waals surface area contributed by atoms with Gasteiger partial charge in [-0.15, -0.1) is 11.8 Å². The van der Waals surface area contributed by atoms with E-state index in [1.807, 2.05) is 60.9 Å². The van der Waals surface area contributed by atoms with E-state index >= 15 is 0 Å². The van der Waals surface area contributed by atoms with Crippen LogP contribution in [0.4, 0.5) is 5.69 Å². The molecule has 6 heteroatoms. The maximum atomic E-state index is 12.3. The second-order valence-electron chi connectivity index (χ2n) is 5.78. The highest BCUT2D eigenvalue weighted by Crippen LogP contribution is 2.44. The van der Waals surface area contributed by atoms with Crippen molar-refractivity contribution >= 4 is 29.3 Å². The van der Waals surface area contributed by atoms with Gasteiger partial charge >= 0.3 is 0 Å². The van der Waals surface area contributed by atoms with Crippen LogP contribution >= 0.6 is 11.8 Å². The third kappa shape index (κ3) is 2.39. The van der Waals surface area contributed by atoms with Crippen LogP contribution in [0.3, 0.4) is 0 Å². The highest BCUT2D eigenvalue weighted by Gasteiger charge is 2.56. The lowest BCUT2D eigenvalue weighted by Crippen LogP contribution is -2.33. The third-order valence-electron chi connectivity index (χ3n) is 4.42. The molecule has 0 aromatic heterocycles. The van der Waals surface area contributed by atoms with Crippen molar-refractivity contribution in [2.45, 2.75) is 17.0 Å². The number of hydroxylamine groups is 1. The zero-order chi connectivity index (χ0) is 16.7. The van der Waals surface area contributed by atoms with Crippen LogP contribution in [0.15, 0.2) is 59.5 Å². The number of hydrogen-bond donors (Lipinski definition) is 1. The Bertz CT molecular complexity index is 779. The number of nitrogens with zero attached hydrogens (tertiary/aromatic N) is 1. The van der Waals surface area contributed by atoms with Crippen molar-refractivity contribution in [3.63, 3.8) is 0 Å². The van der Waals surface area contributed by atoms with Gasteiger partial charge in [0.2, 0.25) is 5.91 Å². The molecule has 2 aromatic rings. The van der Waals surface area contributed by atoms with E-state index in [2.05, 4.69) is 5.32 Å². The van der Waals surface area contributed by atoms with E-state index in [0.29, 0.717) is 0 Å². The van der Waals surface area contributed by atoms with Crippen molar-refractivity contribution in [3.05, 3.63) is 60.2 Å². The Morgan fingerprint density at radius 2 is 1.71 bits per heavy atom. The topological polar surface area (TPSA) is 58.6 Å². The number of rotatable bonds is 3. The molecule has 0 spiro atoms. The molecule has 3 atom stereocenters. The van der Waals surface area contributed by atoms with Crippen LogP contribution in [0, 0.1) is 5.92 Å². The monoisotopic (exact) mass is 340 g/mol. The Morgan fingerprint density at radius 3 is 2.38 bits per heavy atom. The van der Waals surface area contributed by atoms with Crippen molar-refractivity contribution in [3.8, 4) is 0 Å². The Labute approximate surface area is 143 Å². The van der Waals surface area contributed by atoms with Crippen molar-refractivity contribution in [1.82, 2.24) is 5.32 Å². The van der Waals surface area contributed by atoms with Gasteiger partial charge < -0.3 is 0 Å². The van der Waals surface area contributed by atoms with E-state index < -0.39 is 12.0 Å². The minimum atomic E-state index is -0.775. The summed E-state index contributed by atoms with van der Waals surface area (Å²) in [5, 5.41) is 4.07. The lowest BCUT2D eigenvalue weighted by molar-refractivity contribution is -0.129. The summed E-state index contributed by atoms with van der Waals surface area (Å²) in [7, 11) is 0. The first kappa shape index (κ1) is 15.2. The van der Waals surface area contributed by atoms with Crippen LogP contribution in [0.1, 0.15) is 11.6 Å². The van der Waals surface area contributed by atoms with Crippen molar-refractivity contribution in [1.29, 1.82) is 0 Å². The Balaban J connectivity index is 1.78. The van der Waals surface area contributed by atoms with E-state index in [-0.39, 0.29) is 17.9 Å². The molecule has 5 nitrogen and oxygen atoms in total. The fourth-order valence-electron chi connectivity index (χ4n) is 3.27. The molecule has 2 aliphatic heterocycles. The largest absolute Gasteiger partial charge is 0.294 e. The molecule has 0 bridgehead atoms. The molecule has 2 aliphatic rings. The highest BCUT2D eigenvalue weighted by atomic mass is 32.2. The maximum Gasteiger partial charge on any atom is 0.259 e. The number of imide groups is 1. The van der Waals surface area contributed by atoms with Gasteiger partial charge in [0.15, 0.2) is 6.10 Å². The molecule has 2 heterocycles. The molecular weight excluding hydrogens is 324 g/mol. The van der Waals surface area contributed by atoms with Crippen LogP contribution in [0.5, 0.6) is 0 Å². The predicted molar refractivity (Wildman–Crippen MR) is 91.4 cm³/mol. The molecule has 0 unspecified atom stereocenters. The summed E-state index contributed by atoms with van der Waals surface area (Å²) >= 11 is 1.66. The zero-order valence-electron chi connectivity index (χ0n) is 13.0. The average Bonchev–Trinajstić information content (AvgIpc) is 3.14. The van der Waals surface area contributed by atoms with Gasteiger partial charge in [-0.3, -0.25) is 19.7 Å². The normalized spacial score (nSPS) is 25.7. The summed E-state index contributed by atoms with van der Waals surface area (Å²) in [6.45, 7) is 0. The van der Waals surface area contributed by atoms with Gasteiger partial charge in [-0.25, -0.2) is 5.06 Å². The molecule has 0 saturated carbocycles. The van der Waals surface area contributed by atoms with Gasteiger partial charge in [0.25, 0.3) is 5.91 Å². The van der Waals surface area contributed by atoms with E-state index in [1.54, 1.807) is 16.8 Å². The highest BCUT2D eigenvalue weighted by molar-refractivity contribution is 7.98. The van der Waals surface area contributed by atoms with Crippen LogP contribution in [-0.2, 0) is 14.4 Å². The van der Waals surface area contributed by atoms with Crippen molar-refractivity contribution in [2.75, 3.05) is 11.3 Å². The minimum Gasteiger partial charge on any atom is -0.294 e. The van der Waals surface area contributed by atoms with E-state index in [1.165, 1.54) is 0 Å². The van der Waals surface area contributed by atoms with Gasteiger partial charge in [-0.1, -0.05) is 30.3 Å². The number of para-hydroxylation sites is 1. The summed E-state index contributed by atoms with van der Waals surface area (Å²) in [4.78, 5) is 31.4. The Kier molecular flexibility index (Phi) is 3.78. The Morgan fingerprint density at radius 1 is 1.00 bits per heavy atom. The van der Waals surface area contributed by atoms with Crippen LogP contribution < -0.4 is 10.4 Å². The van der Waals surface area contributed by atoms with Crippen LogP contribution in [0.25, 0.3) is 0 Å². The average molecular weight is 340 g/mol. The second kappa shape index (κ2) is 5.96. The maximum absolute atomic E-state index is 12.3. The van der Waals surface area contributed by atoms with E-state index in [0.717, 1.165) is 16.1 Å². The summed E-state index contributed by atoms with van der Waals surface area (Å²) in [5.74, 6) is -1.19. The quantitative estimate of drug-likeness (QED) is 0.687. The summed E-state index contributed by atoms with van der Waals surface area (Å²) < 4.78 is 0. The lowest BCUT2D eigenvalue weighted by atomic mass is 9.90. The van der Waals surface area contributed by atoms with Gasteiger partial charge in [0.05, 0.1) is 11.7 Å². The number of carbonyl (C=O) groups is 2. The van der Waals surface area contributed by atoms with Gasteiger partial charge in [0, 0.05) is 4.90 Å². The second-order valence-corrected chi connectivity index (χ2v) is 6.66. The smallest absolute Gasteiger partial charge is 0.259 e. The van der Waals surface area contributed by atoms with Crippen molar-refractivity contribution in [2.24, 2.45) is 5.92 Å². The summed E-state index contributed by atoms with van der Waals surface area (Å²) in [6.07, 6.45) is 1.24. The van der Waals surface area contributed by atoms with E-state index in [4.69, 9.17) is 4.84 Å². The molecule has 0 aliphatic carbocycles. The fourth-order valence-corrected chi connectivity index (χ4v) is 3.68. The van der Waals surface area contributed by atoms with Crippen LogP contribution in [0.2, 0.25) is 0 Å². The van der Waals surface area contributed by atoms with Gasteiger partial charge in [-0.2, -0.15) is 0 Å². The van der Waals surface area contributed by atoms with Gasteiger partial charge in [0.1, 0.15) is 5.92 Å². The number of nitrogens with one attached hydrogen (secondary N) is 1. The molecule has 2 amide bonds. The SMILES string of the molecule is CSc1ccc([C@@H]2[C@@H]3C(=O)NC(=O)[C@H]3ON2c2ccccc2)cc1. The van der Waals surface area contributed by atoms with Crippen molar-refractivity contribution < 1.29 is 14.4 Å². The Hall–Kier alpha value is -2.31. The molecule has 122 valence electrons. The molecule has 2 saturated heterocycles. The molecule has 24 heavy (non-hydrogen) atoms. The fraction of sp³-hybridized carbons (Fsp3) is 0.222. The summed E-state index contributed by atoms with van der Waals surface area (Å²) in [6, 6.07) is 17.2. The molecule has 4 rings (SSSR count). The first-order chi connectivity index (χ1) is 11.7. The third-order valence-corrected chi connectivity index (χ3v) is 5.17. The predicted octanol–water partition coefficient (Wildman–Crippen LogP) is 2.54. The standard InChI is InChI=1S/C18H16N2O3S/c1-24-13-9-7-11(8-10-13)15-14-16(18(22)19-17(14)21)23-20(15)12-5-3-2-4-6-12/h2-10,14-16H,1H3,(H,19,21,22)/t14-,15+,16-/m0/s1. The summed E-state index contributed by atoms with van der Waals surface area (Å²) in [5.41, 5.74) is 1.78. The molecule has 1 N–H and O–H groups in total. The first-order valence-corrected chi connectivity index (χ1v) is 8.91. The first-order valence-electron chi connectivity index (χ1n) is 7.69. The number of amides is 2. The molecular formula is C18H16N2O3S. The molecule has 2 aromatic carbocycles. The lowest BCUT2D eigenvalue weighted by Gasteiger charge is -2.27. The number of carbonyl (C=O) groups excluding carboxylic acids is 2. The minimum absolute atomic E-state index is 0.276. The number of fused-ring (bicyclic) bond motifs is 1. The number of thioether (sulfide) groups is 1. The number of anilines is 1. The van der Waals surface area contributed by atoms with Gasteiger partial charge in [-0.05, 0) is 36.1 Å². The van der Waals surface area contributed by atoms with Crippen LogP contribution in [-0.4, -0.2) is 24.2 Å². The number of benzene rings is 2.